The summed E-state index contributed by atoms with van der Waals surface area (Å²) in [5.41, 5.74) is -5.63. The topological polar surface area (TPSA) is 67.2 Å². The molecule has 0 saturated heterocycles. The largest absolute Gasteiger partial charge is 0.465 e. The van der Waals surface area contributed by atoms with Crippen LogP contribution in [0.3, 0.4) is 0 Å². The van der Waals surface area contributed by atoms with E-state index in [1.807, 2.05) is 0 Å². The normalized spacial score (nSPS) is 10.7. The Balaban J connectivity index is 3.51. The minimum Gasteiger partial charge on any atom is -0.465 e. The van der Waals surface area contributed by atoms with Crippen LogP contribution in [0.4, 0.5) is 13.2 Å². The molecule has 100 valence electrons. The van der Waals surface area contributed by atoms with E-state index >= 15 is 0 Å². The molecule has 0 aliphatic carbocycles. The van der Waals surface area contributed by atoms with Gasteiger partial charge in [-0.25, -0.2) is 4.79 Å². The molecule has 0 amide bonds. The van der Waals surface area contributed by atoms with Crippen LogP contribution < -0.4 is 0 Å². The number of halogens is 3. The number of carbonyl (C=O) groups is 2. The van der Waals surface area contributed by atoms with Gasteiger partial charge in [-0.1, -0.05) is 0 Å². The van der Waals surface area contributed by atoms with Crippen molar-refractivity contribution in [1.29, 1.82) is 5.26 Å². The van der Waals surface area contributed by atoms with Crippen molar-refractivity contribution >= 4 is 24.0 Å². The van der Waals surface area contributed by atoms with E-state index in [0.29, 0.717) is 6.29 Å². The lowest BCUT2D eigenvalue weighted by Crippen LogP contribution is -2.10. The summed E-state index contributed by atoms with van der Waals surface area (Å²) in [5.74, 6) is -1.07. The van der Waals surface area contributed by atoms with Crippen molar-refractivity contribution in [3.8, 4) is 6.07 Å². The van der Waals surface area contributed by atoms with Gasteiger partial charge in [-0.3, -0.25) is 4.79 Å². The first kappa shape index (κ1) is 15.0. The van der Waals surface area contributed by atoms with E-state index in [1.54, 1.807) is 6.07 Å². The molecule has 1 aromatic carbocycles. The van der Waals surface area contributed by atoms with Gasteiger partial charge in [0.05, 0.1) is 18.2 Å². The average molecular weight is 289 g/mol. The predicted octanol–water partition coefficient (Wildman–Crippen LogP) is 2.77. The Bertz CT molecular complexity index is 564. The van der Waals surface area contributed by atoms with Crippen molar-refractivity contribution in [2.75, 3.05) is 7.11 Å². The van der Waals surface area contributed by atoms with Crippen molar-refractivity contribution in [3.05, 3.63) is 28.8 Å². The zero-order valence-electron chi connectivity index (χ0n) is 9.45. The third-order valence-corrected chi connectivity index (χ3v) is 2.77. The molecule has 0 heterocycles. The van der Waals surface area contributed by atoms with E-state index in [2.05, 4.69) is 4.74 Å². The lowest BCUT2D eigenvalue weighted by atomic mass is 10.1. The van der Waals surface area contributed by atoms with Crippen molar-refractivity contribution < 1.29 is 27.5 Å². The van der Waals surface area contributed by atoms with E-state index < -0.39 is 33.7 Å². The molecule has 19 heavy (non-hydrogen) atoms. The Morgan fingerprint density at radius 1 is 1.47 bits per heavy atom. The first-order valence-corrected chi connectivity index (χ1v) is 5.51. The number of alkyl halides is 3. The van der Waals surface area contributed by atoms with Crippen LogP contribution >= 0.6 is 11.8 Å². The van der Waals surface area contributed by atoms with E-state index in [-0.39, 0.29) is 11.1 Å². The molecule has 0 fully saturated rings. The third kappa shape index (κ3) is 3.72. The highest BCUT2D eigenvalue weighted by Gasteiger charge is 2.33. The van der Waals surface area contributed by atoms with Gasteiger partial charge in [-0.15, -0.1) is 0 Å². The second kappa shape index (κ2) is 5.75. The highest BCUT2D eigenvalue weighted by Crippen LogP contribution is 2.40. The maximum Gasteiger partial charge on any atom is 0.446 e. The van der Waals surface area contributed by atoms with Gasteiger partial charge in [-0.05, 0) is 23.9 Å². The number of methoxy groups -OCH3 is 1. The van der Waals surface area contributed by atoms with Crippen LogP contribution in [0, 0.1) is 11.3 Å². The van der Waals surface area contributed by atoms with Crippen molar-refractivity contribution in [2.24, 2.45) is 0 Å². The Hall–Kier alpha value is -2.01. The molecular formula is C11H6F3NO3S. The minimum atomic E-state index is -4.66. The summed E-state index contributed by atoms with van der Waals surface area (Å²) in [7, 11) is 0.985. The summed E-state index contributed by atoms with van der Waals surface area (Å²) in [5, 5.41) is 8.84. The fourth-order valence-electron chi connectivity index (χ4n) is 1.31. The van der Waals surface area contributed by atoms with Gasteiger partial charge in [0.1, 0.15) is 12.4 Å². The Labute approximate surface area is 110 Å². The number of hydrogen-bond acceptors (Lipinski definition) is 5. The summed E-state index contributed by atoms with van der Waals surface area (Å²) in [6, 6.07) is 3.49. The van der Waals surface area contributed by atoms with Crippen molar-refractivity contribution in [1.82, 2.24) is 0 Å². The summed E-state index contributed by atoms with van der Waals surface area (Å²) in [6.07, 6.45) is 0.294. The van der Waals surface area contributed by atoms with E-state index in [4.69, 9.17) is 5.26 Å². The lowest BCUT2D eigenvalue weighted by Gasteiger charge is -2.11. The molecule has 0 saturated carbocycles. The SMILES string of the molecule is COC(=O)c1c(C#N)cc(C=O)cc1SC(F)(F)F. The number of esters is 1. The summed E-state index contributed by atoms with van der Waals surface area (Å²) < 4.78 is 41.5. The number of nitrogens with zero attached hydrogens (tertiary/aromatic N) is 1. The number of benzene rings is 1. The van der Waals surface area contributed by atoms with E-state index in [9.17, 15) is 22.8 Å². The molecule has 4 nitrogen and oxygen atoms in total. The van der Waals surface area contributed by atoms with Crippen LogP contribution in [0.2, 0.25) is 0 Å². The Morgan fingerprint density at radius 3 is 2.53 bits per heavy atom. The lowest BCUT2D eigenvalue weighted by molar-refractivity contribution is -0.0328. The molecular weight excluding hydrogens is 283 g/mol. The predicted molar refractivity (Wildman–Crippen MR) is 59.8 cm³/mol. The molecule has 1 rings (SSSR count). The molecule has 0 aliphatic heterocycles. The highest BCUT2D eigenvalue weighted by molar-refractivity contribution is 8.00. The average Bonchev–Trinajstić information content (AvgIpc) is 2.34. The summed E-state index contributed by atoms with van der Waals surface area (Å²) in [4.78, 5) is 21.5. The molecule has 0 aromatic heterocycles. The van der Waals surface area contributed by atoms with Crippen molar-refractivity contribution in [3.63, 3.8) is 0 Å². The zero-order valence-corrected chi connectivity index (χ0v) is 10.3. The molecule has 0 atom stereocenters. The number of hydrogen-bond donors (Lipinski definition) is 0. The van der Waals surface area contributed by atoms with Gasteiger partial charge in [0.2, 0.25) is 0 Å². The second-order valence-electron chi connectivity index (χ2n) is 3.21. The van der Waals surface area contributed by atoms with E-state index in [0.717, 1.165) is 19.2 Å². The number of ether oxygens (including phenoxy) is 1. The van der Waals surface area contributed by atoms with Crippen LogP contribution in [0.1, 0.15) is 26.3 Å². The summed E-state index contributed by atoms with van der Waals surface area (Å²) >= 11 is -0.581. The number of aldehydes is 1. The number of rotatable bonds is 3. The van der Waals surface area contributed by atoms with Gasteiger partial charge >= 0.3 is 11.5 Å². The fourth-order valence-corrected chi connectivity index (χ4v) is 2.05. The van der Waals surface area contributed by atoms with Crippen LogP contribution in [-0.2, 0) is 4.74 Å². The standard InChI is InChI=1S/C11H6F3NO3S/c1-18-10(17)9-7(4-15)2-6(5-16)3-8(9)19-11(12,13)14/h2-3,5H,1H3. The maximum atomic E-state index is 12.4. The summed E-state index contributed by atoms with van der Waals surface area (Å²) in [6.45, 7) is 0. The fraction of sp³-hybridized carbons (Fsp3) is 0.182. The molecule has 0 radical (unpaired) electrons. The molecule has 0 N–H and O–H groups in total. The van der Waals surface area contributed by atoms with Gasteiger partial charge in [-0.2, -0.15) is 18.4 Å². The first-order valence-electron chi connectivity index (χ1n) is 4.69. The number of nitriles is 1. The zero-order chi connectivity index (χ0) is 14.6. The number of thioether (sulfide) groups is 1. The van der Waals surface area contributed by atoms with Crippen molar-refractivity contribution in [2.45, 2.75) is 10.4 Å². The third-order valence-electron chi connectivity index (χ3n) is 2.00. The molecule has 8 heteroatoms. The quantitative estimate of drug-likeness (QED) is 0.486. The molecule has 0 spiro atoms. The Kier molecular flexibility index (Phi) is 4.56. The minimum absolute atomic E-state index is 0.129. The smallest absolute Gasteiger partial charge is 0.446 e. The van der Waals surface area contributed by atoms with Crippen LogP contribution in [0.5, 0.6) is 0 Å². The van der Waals surface area contributed by atoms with Gasteiger partial charge in [0, 0.05) is 10.5 Å². The second-order valence-corrected chi connectivity index (χ2v) is 4.32. The van der Waals surface area contributed by atoms with Gasteiger partial charge in [0.25, 0.3) is 0 Å². The monoisotopic (exact) mass is 289 g/mol. The molecule has 1 aromatic rings. The van der Waals surface area contributed by atoms with E-state index in [1.165, 1.54) is 0 Å². The molecule has 0 aliphatic rings. The first-order chi connectivity index (χ1) is 8.82. The number of carbonyl (C=O) groups excluding carboxylic acids is 2. The highest BCUT2D eigenvalue weighted by atomic mass is 32.2. The van der Waals surface area contributed by atoms with Crippen LogP contribution in [0.15, 0.2) is 17.0 Å². The van der Waals surface area contributed by atoms with Crippen LogP contribution in [-0.4, -0.2) is 24.9 Å². The molecule has 0 unspecified atom stereocenters. The van der Waals surface area contributed by atoms with Gasteiger partial charge in [0.15, 0.2) is 0 Å². The molecule has 0 bridgehead atoms. The maximum absolute atomic E-state index is 12.4. The van der Waals surface area contributed by atoms with Gasteiger partial charge < -0.3 is 4.74 Å². The van der Waals surface area contributed by atoms with Crippen LogP contribution in [0.25, 0.3) is 0 Å². The Morgan fingerprint density at radius 2 is 2.11 bits per heavy atom.